The average Bonchev–Trinajstić information content (AvgIpc) is 3.32. The van der Waals surface area contributed by atoms with Crippen molar-refractivity contribution in [2.75, 3.05) is 13.1 Å². The molecule has 1 saturated heterocycles. The van der Waals surface area contributed by atoms with Gasteiger partial charge in [-0.2, -0.15) is 18.3 Å². The fraction of sp³-hybridized carbons (Fsp3) is 0.389. The van der Waals surface area contributed by atoms with Gasteiger partial charge in [0.1, 0.15) is 11.3 Å². The van der Waals surface area contributed by atoms with Crippen molar-refractivity contribution < 1.29 is 18.0 Å². The molecule has 27 heavy (non-hydrogen) atoms. The lowest BCUT2D eigenvalue weighted by molar-refractivity contribution is -0.141. The molecule has 1 unspecified atom stereocenters. The molecule has 4 heterocycles. The number of aryl methyl sites for hydroxylation is 1. The summed E-state index contributed by atoms with van der Waals surface area (Å²) < 4.78 is 43.3. The molecular weight excluding hydrogens is 359 g/mol. The van der Waals surface area contributed by atoms with Gasteiger partial charge in [-0.1, -0.05) is 6.07 Å². The van der Waals surface area contributed by atoms with Crippen LogP contribution in [0.4, 0.5) is 13.2 Å². The van der Waals surface area contributed by atoms with E-state index in [4.69, 9.17) is 0 Å². The molecule has 0 saturated carbocycles. The quantitative estimate of drug-likeness (QED) is 0.705. The Balaban J connectivity index is 1.60. The number of carbonyl (C=O) groups is 1. The highest BCUT2D eigenvalue weighted by Crippen LogP contribution is 2.33. The Kier molecular flexibility index (Phi) is 4.16. The zero-order valence-corrected chi connectivity index (χ0v) is 14.6. The molecule has 1 aliphatic heterocycles. The van der Waals surface area contributed by atoms with Crippen LogP contribution in [0, 0.1) is 5.92 Å². The number of likely N-dealkylation sites (tertiary alicyclic amines) is 1. The second-order valence-electron chi connectivity index (χ2n) is 6.87. The monoisotopic (exact) mass is 377 g/mol. The van der Waals surface area contributed by atoms with Crippen molar-refractivity contribution in [3.63, 3.8) is 0 Å². The molecular formula is C18H18F3N5O. The summed E-state index contributed by atoms with van der Waals surface area (Å²) in [6.07, 6.45) is 1.93. The zero-order chi connectivity index (χ0) is 19.2. The van der Waals surface area contributed by atoms with E-state index in [2.05, 4.69) is 10.1 Å². The fourth-order valence-electron chi connectivity index (χ4n) is 3.64. The Labute approximate surface area is 153 Å². The number of halogens is 3. The molecule has 3 aromatic rings. The minimum absolute atomic E-state index is 0.110. The van der Waals surface area contributed by atoms with Crippen LogP contribution in [0.1, 0.15) is 28.2 Å². The predicted octanol–water partition coefficient (Wildman–Crippen LogP) is 2.79. The molecule has 0 spiro atoms. The number of aromatic nitrogens is 4. The summed E-state index contributed by atoms with van der Waals surface area (Å²) in [5.41, 5.74) is -0.378. The van der Waals surface area contributed by atoms with E-state index in [1.54, 1.807) is 23.0 Å². The topological polar surface area (TPSA) is 55.4 Å². The van der Waals surface area contributed by atoms with Gasteiger partial charge in [-0.3, -0.25) is 13.9 Å². The molecule has 6 nitrogen and oxygen atoms in total. The number of imidazole rings is 1. The van der Waals surface area contributed by atoms with Crippen molar-refractivity contribution in [2.45, 2.75) is 19.0 Å². The zero-order valence-electron chi connectivity index (χ0n) is 14.6. The highest BCUT2D eigenvalue weighted by atomic mass is 19.4. The van der Waals surface area contributed by atoms with E-state index < -0.39 is 23.5 Å². The molecule has 4 rings (SSSR count). The maximum Gasteiger partial charge on any atom is 0.435 e. The van der Waals surface area contributed by atoms with Crippen LogP contribution in [0.25, 0.3) is 5.65 Å². The first-order chi connectivity index (χ1) is 12.8. The van der Waals surface area contributed by atoms with Gasteiger partial charge in [-0.05, 0) is 36.5 Å². The molecule has 142 valence electrons. The van der Waals surface area contributed by atoms with Crippen LogP contribution in [0.5, 0.6) is 0 Å². The summed E-state index contributed by atoms with van der Waals surface area (Å²) in [5.74, 6) is -0.429. The lowest BCUT2D eigenvalue weighted by Gasteiger charge is -2.17. The lowest BCUT2D eigenvalue weighted by atomic mass is 10.0. The van der Waals surface area contributed by atoms with Crippen molar-refractivity contribution in [2.24, 2.45) is 13.0 Å². The van der Waals surface area contributed by atoms with E-state index in [0.717, 1.165) is 18.4 Å². The van der Waals surface area contributed by atoms with Crippen molar-refractivity contribution in [3.8, 4) is 0 Å². The average molecular weight is 377 g/mol. The Hall–Kier alpha value is -2.84. The van der Waals surface area contributed by atoms with E-state index in [0.29, 0.717) is 13.1 Å². The van der Waals surface area contributed by atoms with Gasteiger partial charge in [-0.15, -0.1) is 0 Å². The van der Waals surface area contributed by atoms with Gasteiger partial charge in [0.15, 0.2) is 5.69 Å². The Morgan fingerprint density at radius 2 is 2.15 bits per heavy atom. The summed E-state index contributed by atoms with van der Waals surface area (Å²) in [7, 11) is 1.83. The van der Waals surface area contributed by atoms with Crippen LogP contribution in [0.15, 0.2) is 36.8 Å². The second-order valence-corrected chi connectivity index (χ2v) is 6.87. The third-order valence-electron chi connectivity index (χ3n) is 4.86. The van der Waals surface area contributed by atoms with Crippen molar-refractivity contribution in [3.05, 3.63) is 53.7 Å². The van der Waals surface area contributed by atoms with Crippen LogP contribution in [0.2, 0.25) is 0 Å². The van der Waals surface area contributed by atoms with Crippen LogP contribution >= 0.6 is 0 Å². The minimum atomic E-state index is -4.69. The highest BCUT2D eigenvalue weighted by Gasteiger charge is 2.42. The normalized spacial score (nSPS) is 17.8. The summed E-state index contributed by atoms with van der Waals surface area (Å²) in [5, 5.41) is 4.13. The Morgan fingerprint density at radius 1 is 1.33 bits per heavy atom. The summed E-state index contributed by atoms with van der Waals surface area (Å²) >= 11 is 0. The Morgan fingerprint density at radius 3 is 2.85 bits per heavy atom. The highest BCUT2D eigenvalue weighted by molar-refractivity contribution is 5.95. The summed E-state index contributed by atoms with van der Waals surface area (Å²) in [4.78, 5) is 18.1. The molecule has 9 heteroatoms. The first-order valence-electron chi connectivity index (χ1n) is 8.64. The van der Waals surface area contributed by atoms with Crippen molar-refractivity contribution in [1.82, 2.24) is 24.1 Å². The second kappa shape index (κ2) is 6.40. The minimum Gasteiger partial charge on any atom is -0.337 e. The molecule has 1 atom stereocenters. The summed E-state index contributed by atoms with van der Waals surface area (Å²) in [6.45, 7) is 0.853. The number of fused-ring (bicyclic) bond motifs is 1. The maximum absolute atomic E-state index is 13.4. The number of hydrogen-bond acceptors (Lipinski definition) is 3. The van der Waals surface area contributed by atoms with E-state index in [-0.39, 0.29) is 11.6 Å². The van der Waals surface area contributed by atoms with Crippen LogP contribution in [0.3, 0.4) is 0 Å². The van der Waals surface area contributed by atoms with Crippen LogP contribution in [-0.2, 0) is 19.6 Å². The molecule has 0 aromatic carbocycles. The number of hydrogen-bond donors (Lipinski definition) is 0. The van der Waals surface area contributed by atoms with Crippen LogP contribution in [-0.4, -0.2) is 43.1 Å². The smallest absolute Gasteiger partial charge is 0.337 e. The number of rotatable bonds is 3. The van der Waals surface area contributed by atoms with Gasteiger partial charge in [0.2, 0.25) is 0 Å². The molecule has 1 aliphatic rings. The first-order valence-corrected chi connectivity index (χ1v) is 8.64. The molecule has 1 fully saturated rings. The Bertz CT molecular complexity index is 990. The summed E-state index contributed by atoms with van der Waals surface area (Å²) in [6, 6.07) is 4.64. The van der Waals surface area contributed by atoms with Crippen molar-refractivity contribution >= 4 is 11.6 Å². The number of amides is 1. The largest absolute Gasteiger partial charge is 0.435 e. The van der Waals surface area contributed by atoms with Gasteiger partial charge >= 0.3 is 6.18 Å². The number of carbonyl (C=O) groups excluding carboxylic acids is 1. The molecule has 0 N–H and O–H groups in total. The molecule has 0 bridgehead atoms. The van der Waals surface area contributed by atoms with Gasteiger partial charge in [0.25, 0.3) is 5.91 Å². The van der Waals surface area contributed by atoms with E-state index >= 15 is 0 Å². The van der Waals surface area contributed by atoms with Gasteiger partial charge < -0.3 is 4.90 Å². The van der Waals surface area contributed by atoms with Crippen LogP contribution < -0.4 is 0 Å². The van der Waals surface area contributed by atoms with Gasteiger partial charge in [-0.25, -0.2) is 4.98 Å². The maximum atomic E-state index is 13.4. The third-order valence-corrected chi connectivity index (χ3v) is 4.86. The fourth-order valence-corrected chi connectivity index (χ4v) is 3.64. The molecule has 0 aliphatic carbocycles. The van der Waals surface area contributed by atoms with Gasteiger partial charge in [0.05, 0.1) is 6.20 Å². The number of nitrogens with zero attached hydrogens (tertiary/aromatic N) is 5. The number of pyridine rings is 1. The van der Waals surface area contributed by atoms with E-state index in [1.807, 2.05) is 13.2 Å². The predicted molar refractivity (Wildman–Crippen MR) is 91.1 cm³/mol. The van der Waals surface area contributed by atoms with Gasteiger partial charge in [0, 0.05) is 32.5 Å². The third kappa shape index (κ3) is 3.29. The molecule has 1 amide bonds. The number of alkyl halides is 3. The lowest BCUT2D eigenvalue weighted by Crippen LogP contribution is -2.31. The first kappa shape index (κ1) is 17.6. The molecule has 3 aromatic heterocycles. The van der Waals surface area contributed by atoms with E-state index in [9.17, 15) is 18.0 Å². The standard InChI is InChI=1S/C18H18F3N5O/c1-24-10-13(9-22-24)8-12-5-7-25(11-12)17(27)15-16(18(19,20)21)23-14-4-2-3-6-26(14)15/h2-4,6,9-10,12H,5,7-8,11H2,1H3. The van der Waals surface area contributed by atoms with Crippen molar-refractivity contribution in [1.29, 1.82) is 0 Å². The molecule has 0 radical (unpaired) electrons. The SMILES string of the molecule is Cn1cc(CC2CCN(C(=O)c3c(C(F)(F)F)nc4ccccn34)C2)cn1. The van der Waals surface area contributed by atoms with E-state index in [1.165, 1.54) is 21.6 Å².